The predicted octanol–water partition coefficient (Wildman–Crippen LogP) is 16.7. The van der Waals surface area contributed by atoms with Crippen molar-refractivity contribution in [2.75, 3.05) is 26.2 Å². The van der Waals surface area contributed by atoms with E-state index in [9.17, 15) is 0 Å². The minimum Gasteiger partial charge on any atom is -0.319 e. The Hall–Kier alpha value is -5.74. The van der Waals surface area contributed by atoms with Crippen molar-refractivity contribution in [1.82, 2.24) is 28.0 Å². The summed E-state index contributed by atoms with van der Waals surface area (Å²) in [5.74, 6) is 0. The van der Waals surface area contributed by atoms with Crippen LogP contribution >= 0.6 is 16.7 Å². The van der Waals surface area contributed by atoms with Crippen LogP contribution in [-0.4, -0.2) is 54.2 Å². The summed E-state index contributed by atoms with van der Waals surface area (Å²) >= 11 is 0. The van der Waals surface area contributed by atoms with Gasteiger partial charge in [-0.3, -0.25) is 0 Å². The van der Waals surface area contributed by atoms with Gasteiger partial charge in [0.2, 0.25) is 0 Å². The third kappa shape index (κ3) is 8.78. The zero-order valence-corrected chi connectivity index (χ0v) is 42.4. The molecule has 0 saturated carbocycles. The van der Waals surface area contributed by atoms with Gasteiger partial charge in [-0.15, -0.1) is 0 Å². The minimum absolute atomic E-state index is 0.277. The second-order valence-electron chi connectivity index (χ2n) is 18.4. The summed E-state index contributed by atoms with van der Waals surface area (Å²) in [5.41, 5.74) is 5.60. The van der Waals surface area contributed by atoms with Crippen molar-refractivity contribution >= 4 is 59.8 Å². The molecule has 6 nitrogen and oxygen atoms in total. The first-order chi connectivity index (χ1) is 33.4. The minimum atomic E-state index is -0.684. The topological polar surface area (TPSA) is 19.4 Å². The van der Waals surface area contributed by atoms with E-state index >= 15 is 0 Å². The molecule has 11 rings (SSSR count). The van der Waals surface area contributed by atoms with Crippen LogP contribution in [0.25, 0.3) is 43.1 Å². The molecule has 8 aromatic carbocycles. The summed E-state index contributed by atoms with van der Waals surface area (Å²) in [4.78, 5) is 0. The number of rotatable bonds is 12. The van der Waals surface area contributed by atoms with Gasteiger partial charge < -0.3 is 18.7 Å². The second-order valence-corrected chi connectivity index (χ2v) is 22.5. The molecule has 0 aromatic heterocycles. The third-order valence-electron chi connectivity index (χ3n) is 14.6. The summed E-state index contributed by atoms with van der Waals surface area (Å²) in [5, 5.41) is 10.7. The maximum atomic E-state index is 2.73. The highest BCUT2D eigenvalue weighted by atomic mass is 31.2. The van der Waals surface area contributed by atoms with Crippen LogP contribution in [0.1, 0.15) is 101 Å². The molecular formula is C60H66N6P2. The van der Waals surface area contributed by atoms with Crippen molar-refractivity contribution in [1.29, 1.82) is 0 Å². The predicted molar refractivity (Wildman–Crippen MR) is 293 cm³/mol. The van der Waals surface area contributed by atoms with E-state index in [4.69, 9.17) is 0 Å². The maximum Gasteiger partial charge on any atom is 0.178 e. The second kappa shape index (κ2) is 20.5. The molecule has 0 unspecified atom stereocenters. The molecular weight excluding hydrogens is 867 g/mol. The van der Waals surface area contributed by atoms with Crippen molar-refractivity contribution in [2.45, 2.75) is 78.6 Å². The Balaban J connectivity index is 0.000000159. The molecule has 3 heterocycles. The van der Waals surface area contributed by atoms with Gasteiger partial charge in [0, 0.05) is 51.0 Å². The highest BCUT2D eigenvalue weighted by molar-refractivity contribution is 7.51. The van der Waals surface area contributed by atoms with Crippen LogP contribution in [0.15, 0.2) is 195 Å². The number of fused-ring (bicyclic) bond motifs is 4. The fourth-order valence-corrected chi connectivity index (χ4v) is 16.1. The standard InChI is InChI=1S/C30H32N3P.C30H34N3P/c1-23(27-17-9-13-25-11-3-5-15-29(25)27)32-21-22-33(34(32)31-19-7-8-20-31)24(2)28-18-10-14-26-12-4-6-16-30(26)28;1-5-31(6-2)34-32(23(3)27-19-11-15-25-13-7-9-17-29(25)27)21-22-33(34)24(4)28-20-12-16-26-14-8-10-18-30(26)28/h3-6,9-18,21-24H,7-8,19-20H2,1-2H3;7-24H,5-6H2,1-4H3/t2*23-,24-/m00/s1. The van der Waals surface area contributed by atoms with Crippen molar-refractivity contribution in [3.05, 3.63) is 217 Å². The molecule has 8 aromatic rings. The number of benzene rings is 8. The fourth-order valence-electron chi connectivity index (χ4n) is 10.9. The molecule has 0 bridgehead atoms. The molecule has 346 valence electrons. The fraction of sp³-hybridized carbons (Fsp3) is 0.267. The molecule has 68 heavy (non-hydrogen) atoms. The number of hydrogen-bond acceptors (Lipinski definition) is 6. The van der Waals surface area contributed by atoms with Crippen molar-refractivity contribution in [2.24, 2.45) is 0 Å². The Morgan fingerprint density at radius 1 is 0.382 bits per heavy atom. The van der Waals surface area contributed by atoms with E-state index in [1.807, 2.05) is 0 Å². The van der Waals surface area contributed by atoms with Crippen LogP contribution in [0, 0.1) is 0 Å². The zero-order chi connectivity index (χ0) is 46.7. The van der Waals surface area contributed by atoms with E-state index in [0.717, 1.165) is 13.1 Å². The Morgan fingerprint density at radius 3 is 0.985 bits per heavy atom. The Morgan fingerprint density at radius 2 is 0.662 bits per heavy atom. The summed E-state index contributed by atoms with van der Waals surface area (Å²) in [6.45, 7) is 18.5. The summed E-state index contributed by atoms with van der Waals surface area (Å²) in [7, 11) is -1.30. The van der Waals surface area contributed by atoms with Gasteiger partial charge in [-0.2, -0.15) is 0 Å². The van der Waals surface area contributed by atoms with E-state index in [1.54, 1.807) is 0 Å². The lowest BCUT2D eigenvalue weighted by atomic mass is 10.00. The van der Waals surface area contributed by atoms with Crippen LogP contribution in [0.3, 0.4) is 0 Å². The molecule has 0 spiro atoms. The number of hydrogen-bond donors (Lipinski definition) is 0. The van der Waals surface area contributed by atoms with E-state index in [0.29, 0.717) is 12.1 Å². The Kier molecular flexibility index (Phi) is 13.8. The summed E-state index contributed by atoms with van der Waals surface area (Å²) in [6.07, 6.45) is 12.0. The van der Waals surface area contributed by atoms with E-state index in [1.165, 1.54) is 91.3 Å². The average molecular weight is 933 g/mol. The first kappa shape index (κ1) is 46.0. The summed E-state index contributed by atoms with van der Waals surface area (Å²) < 4.78 is 15.8. The smallest absolute Gasteiger partial charge is 0.178 e. The van der Waals surface area contributed by atoms with Crippen molar-refractivity contribution in [3.8, 4) is 0 Å². The normalized spacial score (nSPS) is 17.5. The lowest BCUT2D eigenvalue weighted by Crippen LogP contribution is -2.32. The lowest BCUT2D eigenvalue weighted by Gasteiger charge is -2.43. The van der Waals surface area contributed by atoms with Gasteiger partial charge >= 0.3 is 0 Å². The molecule has 0 N–H and O–H groups in total. The molecule has 4 atom stereocenters. The van der Waals surface area contributed by atoms with E-state index in [2.05, 4.69) is 264 Å². The van der Waals surface area contributed by atoms with Gasteiger partial charge in [0.15, 0.2) is 16.7 Å². The van der Waals surface area contributed by atoms with Gasteiger partial charge in [0.1, 0.15) is 0 Å². The highest BCUT2D eigenvalue weighted by Crippen LogP contribution is 2.61. The molecule has 3 aliphatic rings. The maximum absolute atomic E-state index is 2.73. The number of nitrogens with zero attached hydrogens (tertiary/aromatic N) is 6. The van der Waals surface area contributed by atoms with E-state index < -0.39 is 16.7 Å². The van der Waals surface area contributed by atoms with Gasteiger partial charge in [0.25, 0.3) is 0 Å². The van der Waals surface area contributed by atoms with Crippen LogP contribution in [-0.2, 0) is 0 Å². The van der Waals surface area contributed by atoms with E-state index in [-0.39, 0.29) is 12.1 Å². The Labute approximate surface area is 407 Å². The molecule has 0 amide bonds. The van der Waals surface area contributed by atoms with Crippen LogP contribution < -0.4 is 0 Å². The first-order valence-electron chi connectivity index (χ1n) is 24.9. The summed E-state index contributed by atoms with van der Waals surface area (Å²) in [6, 6.07) is 63.2. The monoisotopic (exact) mass is 932 g/mol. The van der Waals surface area contributed by atoms with Gasteiger partial charge in [0.05, 0.1) is 24.2 Å². The molecule has 0 aliphatic carbocycles. The molecule has 8 heteroatoms. The lowest BCUT2D eigenvalue weighted by molar-refractivity contribution is 0.373. The molecule has 1 fully saturated rings. The average Bonchev–Trinajstić information content (AvgIpc) is 4.19. The quantitative estimate of drug-likeness (QED) is 0.113. The molecule has 1 saturated heterocycles. The zero-order valence-electron chi connectivity index (χ0n) is 40.6. The van der Waals surface area contributed by atoms with Gasteiger partial charge in [-0.25, -0.2) is 9.34 Å². The Bertz CT molecular complexity index is 2660. The van der Waals surface area contributed by atoms with Crippen LogP contribution in [0.2, 0.25) is 0 Å². The molecule has 0 radical (unpaired) electrons. The first-order valence-corrected chi connectivity index (χ1v) is 27.3. The van der Waals surface area contributed by atoms with Crippen molar-refractivity contribution in [3.63, 3.8) is 0 Å². The molecule has 3 aliphatic heterocycles. The van der Waals surface area contributed by atoms with Crippen LogP contribution in [0.5, 0.6) is 0 Å². The SMILES string of the molecule is CCN(CC)P1N([C@@H](C)c2cccc3ccccc23)C=CN1[C@@H](C)c1cccc2ccccc12.C[C@@H](c1cccc2ccccc12)N1C=CN([C@@H](C)c2cccc3ccccc23)P1N1CCCC1. The van der Waals surface area contributed by atoms with Crippen LogP contribution in [0.4, 0.5) is 0 Å². The highest BCUT2D eigenvalue weighted by Gasteiger charge is 2.41. The van der Waals surface area contributed by atoms with Crippen molar-refractivity contribution < 1.29 is 0 Å². The van der Waals surface area contributed by atoms with Gasteiger partial charge in [-0.1, -0.05) is 184 Å². The van der Waals surface area contributed by atoms with Gasteiger partial charge in [-0.05, 0) is 106 Å². The largest absolute Gasteiger partial charge is 0.319 e. The third-order valence-corrected chi connectivity index (χ3v) is 20.1.